The molecule has 5 nitrogen and oxygen atoms in total. The second-order valence-electron chi connectivity index (χ2n) is 5.67. The molecule has 1 atom stereocenters. The van der Waals surface area contributed by atoms with Crippen LogP contribution in [0.4, 0.5) is 0 Å². The fourth-order valence-corrected chi connectivity index (χ4v) is 2.98. The van der Waals surface area contributed by atoms with Crippen molar-refractivity contribution in [1.82, 2.24) is 14.7 Å². The minimum absolute atomic E-state index is 0.552. The predicted molar refractivity (Wildman–Crippen MR) is 72.9 cm³/mol. The minimum atomic E-state index is -0.655. The van der Waals surface area contributed by atoms with E-state index in [9.17, 15) is 9.90 Å². The number of carboxylic acid groups (broad SMARTS) is 1. The van der Waals surface area contributed by atoms with Crippen LogP contribution in [0, 0.1) is 19.3 Å². The Kier molecular flexibility index (Phi) is 3.67. The first-order valence-corrected chi connectivity index (χ1v) is 6.84. The largest absolute Gasteiger partial charge is 0.481 e. The average Bonchev–Trinajstić information content (AvgIpc) is 2.88. The number of aryl methyl sites for hydroxylation is 2. The standard InChI is InChI=1S/C14H23N3O2/c1-5-14(13(18)19)6-7-17(9-14)8-12-10(2)15-16(4)11(12)3/h5-9H2,1-4H3,(H,18,19). The van der Waals surface area contributed by atoms with Gasteiger partial charge in [-0.2, -0.15) is 5.10 Å². The molecule has 1 fully saturated rings. The molecular formula is C14H23N3O2. The predicted octanol–water partition coefficient (Wildman–Crippen LogP) is 1.72. The van der Waals surface area contributed by atoms with Crippen molar-refractivity contribution in [1.29, 1.82) is 0 Å². The number of hydrogen-bond donors (Lipinski definition) is 1. The molecule has 1 aliphatic heterocycles. The summed E-state index contributed by atoms with van der Waals surface area (Å²) in [6, 6.07) is 0. The number of likely N-dealkylation sites (tertiary alicyclic amines) is 1. The number of aromatic nitrogens is 2. The molecule has 0 bridgehead atoms. The summed E-state index contributed by atoms with van der Waals surface area (Å²) in [7, 11) is 1.95. The lowest BCUT2D eigenvalue weighted by Gasteiger charge is -2.23. The van der Waals surface area contributed by atoms with Crippen LogP contribution in [0.2, 0.25) is 0 Å². The average molecular weight is 265 g/mol. The smallest absolute Gasteiger partial charge is 0.310 e. The Labute approximate surface area is 114 Å². The number of hydrogen-bond acceptors (Lipinski definition) is 3. The van der Waals surface area contributed by atoms with Crippen molar-refractivity contribution < 1.29 is 9.90 Å². The van der Waals surface area contributed by atoms with E-state index in [0.717, 1.165) is 25.2 Å². The summed E-state index contributed by atoms with van der Waals surface area (Å²) >= 11 is 0. The molecule has 5 heteroatoms. The maximum atomic E-state index is 11.4. The van der Waals surface area contributed by atoms with Gasteiger partial charge in [0.25, 0.3) is 0 Å². The van der Waals surface area contributed by atoms with Crippen molar-refractivity contribution in [3.8, 4) is 0 Å². The van der Waals surface area contributed by atoms with Crippen molar-refractivity contribution in [3.05, 3.63) is 17.0 Å². The van der Waals surface area contributed by atoms with E-state index in [4.69, 9.17) is 0 Å². The topological polar surface area (TPSA) is 58.4 Å². The third kappa shape index (κ3) is 2.39. The normalized spacial score (nSPS) is 24.0. The van der Waals surface area contributed by atoms with E-state index in [1.165, 1.54) is 11.3 Å². The number of carbonyl (C=O) groups is 1. The van der Waals surface area contributed by atoms with Gasteiger partial charge in [0.05, 0.1) is 11.1 Å². The lowest BCUT2D eigenvalue weighted by atomic mass is 9.84. The zero-order valence-electron chi connectivity index (χ0n) is 12.2. The van der Waals surface area contributed by atoms with Gasteiger partial charge in [-0.05, 0) is 33.2 Å². The Bertz CT molecular complexity index is 495. The van der Waals surface area contributed by atoms with Crippen LogP contribution in [0.25, 0.3) is 0 Å². The number of rotatable bonds is 4. The third-order valence-corrected chi connectivity index (χ3v) is 4.60. The highest BCUT2D eigenvalue weighted by molar-refractivity contribution is 5.75. The lowest BCUT2D eigenvalue weighted by Crippen LogP contribution is -2.34. The molecule has 0 radical (unpaired) electrons. The second-order valence-corrected chi connectivity index (χ2v) is 5.67. The van der Waals surface area contributed by atoms with E-state index in [-0.39, 0.29) is 0 Å². The molecule has 1 N–H and O–H groups in total. The molecule has 1 aromatic heterocycles. The van der Waals surface area contributed by atoms with Gasteiger partial charge in [0.1, 0.15) is 0 Å². The van der Waals surface area contributed by atoms with Gasteiger partial charge in [-0.15, -0.1) is 0 Å². The Morgan fingerprint density at radius 2 is 2.16 bits per heavy atom. The SMILES string of the molecule is CCC1(C(=O)O)CCN(Cc2c(C)nn(C)c2C)C1. The van der Waals surface area contributed by atoms with Crippen molar-refractivity contribution in [3.63, 3.8) is 0 Å². The zero-order valence-corrected chi connectivity index (χ0v) is 12.2. The molecule has 19 heavy (non-hydrogen) atoms. The van der Waals surface area contributed by atoms with Crippen LogP contribution < -0.4 is 0 Å². The van der Waals surface area contributed by atoms with Gasteiger partial charge >= 0.3 is 5.97 Å². The van der Waals surface area contributed by atoms with Crippen LogP contribution in [-0.4, -0.2) is 38.8 Å². The van der Waals surface area contributed by atoms with Gasteiger partial charge in [0.2, 0.25) is 0 Å². The van der Waals surface area contributed by atoms with Gasteiger partial charge < -0.3 is 5.11 Å². The summed E-state index contributed by atoms with van der Waals surface area (Å²) in [6.45, 7) is 8.36. The summed E-state index contributed by atoms with van der Waals surface area (Å²) in [5.41, 5.74) is 2.90. The lowest BCUT2D eigenvalue weighted by molar-refractivity contribution is -0.148. The van der Waals surface area contributed by atoms with Crippen LogP contribution in [0.5, 0.6) is 0 Å². The van der Waals surface area contributed by atoms with E-state index in [2.05, 4.69) is 16.9 Å². The van der Waals surface area contributed by atoms with Gasteiger partial charge in [0, 0.05) is 31.4 Å². The molecule has 0 aliphatic carbocycles. The quantitative estimate of drug-likeness (QED) is 0.900. The van der Waals surface area contributed by atoms with E-state index >= 15 is 0 Å². The van der Waals surface area contributed by atoms with Crippen LogP contribution in [0.3, 0.4) is 0 Å². The van der Waals surface area contributed by atoms with Gasteiger partial charge in [-0.25, -0.2) is 0 Å². The number of aliphatic carboxylic acids is 1. The highest BCUT2D eigenvalue weighted by atomic mass is 16.4. The molecular weight excluding hydrogens is 242 g/mol. The van der Waals surface area contributed by atoms with Gasteiger partial charge in [0.15, 0.2) is 0 Å². The molecule has 2 heterocycles. The molecule has 1 saturated heterocycles. The number of nitrogens with zero attached hydrogens (tertiary/aromatic N) is 3. The van der Waals surface area contributed by atoms with Crippen molar-refractivity contribution in [2.24, 2.45) is 12.5 Å². The molecule has 1 aromatic rings. The maximum Gasteiger partial charge on any atom is 0.310 e. The maximum absolute atomic E-state index is 11.4. The van der Waals surface area contributed by atoms with E-state index in [1.54, 1.807) is 0 Å². The summed E-state index contributed by atoms with van der Waals surface area (Å²) in [6.07, 6.45) is 1.45. The molecule has 0 saturated carbocycles. The summed E-state index contributed by atoms with van der Waals surface area (Å²) in [4.78, 5) is 13.7. The Morgan fingerprint density at radius 3 is 2.58 bits per heavy atom. The molecule has 1 unspecified atom stereocenters. The highest BCUT2D eigenvalue weighted by Crippen LogP contribution is 2.35. The third-order valence-electron chi connectivity index (χ3n) is 4.60. The van der Waals surface area contributed by atoms with Gasteiger partial charge in [-0.3, -0.25) is 14.4 Å². The zero-order chi connectivity index (χ0) is 14.2. The van der Waals surface area contributed by atoms with Crippen LogP contribution in [-0.2, 0) is 18.4 Å². The first kappa shape index (κ1) is 14.1. The molecule has 2 rings (SSSR count). The van der Waals surface area contributed by atoms with E-state index in [1.807, 2.05) is 25.6 Å². The fraction of sp³-hybridized carbons (Fsp3) is 0.714. The van der Waals surface area contributed by atoms with Crippen molar-refractivity contribution in [2.75, 3.05) is 13.1 Å². The first-order chi connectivity index (χ1) is 8.89. The fourth-order valence-electron chi connectivity index (χ4n) is 2.98. The first-order valence-electron chi connectivity index (χ1n) is 6.84. The highest BCUT2D eigenvalue weighted by Gasteiger charge is 2.43. The van der Waals surface area contributed by atoms with Crippen molar-refractivity contribution >= 4 is 5.97 Å². The minimum Gasteiger partial charge on any atom is -0.481 e. The Hall–Kier alpha value is -1.36. The molecule has 0 aromatic carbocycles. The molecule has 0 amide bonds. The van der Waals surface area contributed by atoms with Gasteiger partial charge in [-0.1, -0.05) is 6.92 Å². The monoisotopic (exact) mass is 265 g/mol. The van der Waals surface area contributed by atoms with E-state index in [0.29, 0.717) is 13.0 Å². The van der Waals surface area contributed by atoms with Crippen LogP contribution >= 0.6 is 0 Å². The van der Waals surface area contributed by atoms with Crippen LogP contribution in [0.15, 0.2) is 0 Å². The van der Waals surface area contributed by atoms with Crippen LogP contribution in [0.1, 0.15) is 36.7 Å². The second kappa shape index (κ2) is 4.96. The van der Waals surface area contributed by atoms with E-state index < -0.39 is 11.4 Å². The summed E-state index contributed by atoms with van der Waals surface area (Å²) in [5.74, 6) is -0.655. The number of carboxylic acids is 1. The molecule has 106 valence electrons. The van der Waals surface area contributed by atoms with Crippen molar-refractivity contribution in [2.45, 2.75) is 40.2 Å². The summed E-state index contributed by atoms with van der Waals surface area (Å²) in [5, 5.41) is 13.8. The Morgan fingerprint density at radius 1 is 1.47 bits per heavy atom. The molecule has 1 aliphatic rings. The Balaban J connectivity index is 2.12. The summed E-state index contributed by atoms with van der Waals surface area (Å²) < 4.78 is 1.89. The molecule has 0 spiro atoms.